The Labute approximate surface area is 169 Å². The third-order valence-corrected chi connectivity index (χ3v) is 5.33. The summed E-state index contributed by atoms with van der Waals surface area (Å²) in [5, 5.41) is 10.5. The van der Waals surface area contributed by atoms with Gasteiger partial charge in [-0.05, 0) is 31.9 Å². The zero-order valence-corrected chi connectivity index (χ0v) is 16.8. The van der Waals surface area contributed by atoms with Gasteiger partial charge in [-0.3, -0.25) is 10.1 Å². The number of fused-ring (bicyclic) bond motifs is 1. The number of rotatable bonds is 5. The fraction of sp³-hybridized carbons (Fsp3) is 0.318. The van der Waals surface area contributed by atoms with Crippen molar-refractivity contribution < 1.29 is 9.53 Å². The molecule has 1 aromatic heterocycles. The molecule has 0 saturated carbocycles. The first-order valence-electron chi connectivity index (χ1n) is 9.73. The van der Waals surface area contributed by atoms with Crippen LogP contribution in [-0.2, 0) is 11.2 Å². The predicted octanol–water partition coefficient (Wildman–Crippen LogP) is 2.61. The first kappa shape index (κ1) is 19.1. The van der Waals surface area contributed by atoms with Gasteiger partial charge in [0, 0.05) is 11.4 Å². The first-order valence-corrected chi connectivity index (χ1v) is 9.73. The lowest BCUT2D eigenvalue weighted by Gasteiger charge is -2.36. The van der Waals surface area contributed by atoms with Gasteiger partial charge in [0.2, 0.25) is 11.9 Å². The summed E-state index contributed by atoms with van der Waals surface area (Å²) in [7, 11) is 1.62. The second kappa shape index (κ2) is 8.05. The van der Waals surface area contributed by atoms with Crippen molar-refractivity contribution in [3.05, 3.63) is 59.8 Å². The molecule has 7 heteroatoms. The Morgan fingerprint density at radius 1 is 1.10 bits per heavy atom. The van der Waals surface area contributed by atoms with Crippen LogP contribution in [0, 0.1) is 12.8 Å². The van der Waals surface area contributed by atoms with E-state index in [0.717, 1.165) is 22.2 Å². The summed E-state index contributed by atoms with van der Waals surface area (Å²) in [6.07, 6.45) is 0.243. The molecule has 2 aromatic carbocycles. The minimum Gasteiger partial charge on any atom is -0.494 e. The van der Waals surface area contributed by atoms with Gasteiger partial charge in [-0.15, -0.1) is 0 Å². The number of para-hydroxylation sites is 1. The number of ether oxygens (including phenoxy) is 1. The van der Waals surface area contributed by atoms with Crippen molar-refractivity contribution in [1.29, 1.82) is 0 Å². The van der Waals surface area contributed by atoms with Crippen molar-refractivity contribution in [3.8, 4) is 5.75 Å². The van der Waals surface area contributed by atoms with Crippen LogP contribution in [0.5, 0.6) is 5.75 Å². The summed E-state index contributed by atoms with van der Waals surface area (Å²) in [6.45, 7) is 3.95. The first-order chi connectivity index (χ1) is 14.0. The van der Waals surface area contributed by atoms with Gasteiger partial charge in [-0.25, -0.2) is 9.97 Å². The minimum atomic E-state index is -0.448. The molecule has 0 radical (unpaired) electrons. The van der Waals surface area contributed by atoms with Crippen molar-refractivity contribution in [1.82, 2.24) is 20.6 Å². The molecule has 1 aliphatic heterocycles. The highest BCUT2D eigenvalue weighted by atomic mass is 16.5. The summed E-state index contributed by atoms with van der Waals surface area (Å²) in [5.74, 6) is 0.987. The molecule has 0 spiro atoms. The van der Waals surface area contributed by atoms with Crippen molar-refractivity contribution >= 4 is 22.8 Å². The molecular formula is C22H25N5O2. The summed E-state index contributed by atoms with van der Waals surface area (Å²) in [5.41, 5.74) is 2.73. The van der Waals surface area contributed by atoms with Gasteiger partial charge in [-0.1, -0.05) is 42.5 Å². The van der Waals surface area contributed by atoms with Crippen LogP contribution in [0.2, 0.25) is 0 Å². The third kappa shape index (κ3) is 4.00. The number of aryl methyl sites for hydroxylation is 1. The number of methoxy groups -OCH3 is 1. The van der Waals surface area contributed by atoms with Crippen LogP contribution in [0.15, 0.2) is 48.5 Å². The molecule has 1 fully saturated rings. The van der Waals surface area contributed by atoms with Crippen LogP contribution in [0.4, 0.5) is 5.95 Å². The zero-order chi connectivity index (χ0) is 20.4. The van der Waals surface area contributed by atoms with Gasteiger partial charge in [0.05, 0.1) is 18.7 Å². The number of nitrogens with one attached hydrogen (secondary N) is 3. The third-order valence-electron chi connectivity index (χ3n) is 5.33. The maximum atomic E-state index is 12.7. The number of anilines is 1. The van der Waals surface area contributed by atoms with Crippen LogP contribution in [-0.4, -0.2) is 35.3 Å². The molecule has 4 rings (SSSR count). The van der Waals surface area contributed by atoms with E-state index in [9.17, 15) is 4.79 Å². The molecule has 3 unspecified atom stereocenters. The molecule has 1 amide bonds. The van der Waals surface area contributed by atoms with E-state index in [2.05, 4.69) is 25.9 Å². The highest BCUT2D eigenvalue weighted by molar-refractivity contribution is 5.87. The van der Waals surface area contributed by atoms with Crippen LogP contribution in [0.1, 0.15) is 18.2 Å². The Morgan fingerprint density at radius 2 is 1.90 bits per heavy atom. The summed E-state index contributed by atoms with van der Waals surface area (Å²) in [4.78, 5) is 21.9. The monoisotopic (exact) mass is 391 g/mol. The predicted molar refractivity (Wildman–Crippen MR) is 113 cm³/mol. The van der Waals surface area contributed by atoms with E-state index in [-0.39, 0.29) is 17.9 Å². The normalized spacial score (nSPS) is 21.6. The van der Waals surface area contributed by atoms with Gasteiger partial charge in [0.15, 0.2) is 6.29 Å². The Balaban J connectivity index is 1.50. The molecule has 1 aliphatic rings. The highest BCUT2D eigenvalue weighted by Gasteiger charge is 2.33. The lowest BCUT2D eigenvalue weighted by Crippen LogP contribution is -2.63. The highest BCUT2D eigenvalue weighted by Crippen LogP contribution is 2.26. The summed E-state index contributed by atoms with van der Waals surface area (Å²) in [6, 6.07) is 15.8. The number of carbonyl (C=O) groups is 1. The molecule has 3 atom stereocenters. The van der Waals surface area contributed by atoms with E-state index < -0.39 is 6.29 Å². The lowest BCUT2D eigenvalue weighted by molar-refractivity contribution is -0.128. The fourth-order valence-corrected chi connectivity index (χ4v) is 3.75. The van der Waals surface area contributed by atoms with Crippen LogP contribution in [0.25, 0.3) is 10.9 Å². The van der Waals surface area contributed by atoms with E-state index in [1.54, 1.807) is 7.11 Å². The summed E-state index contributed by atoms with van der Waals surface area (Å²) >= 11 is 0. The second-order valence-corrected chi connectivity index (χ2v) is 7.33. The smallest absolute Gasteiger partial charge is 0.227 e. The van der Waals surface area contributed by atoms with Gasteiger partial charge in [0.1, 0.15) is 11.3 Å². The number of nitrogens with zero attached hydrogens (tertiary/aromatic N) is 2. The van der Waals surface area contributed by atoms with E-state index in [0.29, 0.717) is 18.1 Å². The number of aromatic nitrogens is 2. The maximum absolute atomic E-state index is 12.7. The van der Waals surface area contributed by atoms with Crippen molar-refractivity contribution in [2.24, 2.45) is 5.92 Å². The molecule has 150 valence electrons. The van der Waals surface area contributed by atoms with Crippen molar-refractivity contribution in [2.75, 3.05) is 12.4 Å². The molecule has 0 aliphatic carbocycles. The number of benzene rings is 2. The van der Waals surface area contributed by atoms with Crippen LogP contribution in [0.3, 0.4) is 0 Å². The van der Waals surface area contributed by atoms with Gasteiger partial charge in [0.25, 0.3) is 0 Å². The van der Waals surface area contributed by atoms with E-state index in [1.807, 2.05) is 62.4 Å². The van der Waals surface area contributed by atoms with E-state index in [4.69, 9.17) is 4.74 Å². The molecule has 7 nitrogen and oxygen atoms in total. The van der Waals surface area contributed by atoms with E-state index >= 15 is 0 Å². The topological polar surface area (TPSA) is 88.2 Å². The van der Waals surface area contributed by atoms with Crippen molar-refractivity contribution in [3.63, 3.8) is 0 Å². The van der Waals surface area contributed by atoms with Crippen LogP contribution >= 0.6 is 0 Å². The summed E-state index contributed by atoms with van der Waals surface area (Å²) < 4.78 is 5.43. The molecule has 2 heterocycles. The van der Waals surface area contributed by atoms with Gasteiger partial charge < -0.3 is 15.4 Å². The van der Waals surface area contributed by atoms with Gasteiger partial charge >= 0.3 is 0 Å². The Morgan fingerprint density at radius 3 is 2.62 bits per heavy atom. The SMILES string of the molecule is COc1cccc2c(C)nc(NC3NC(=O)C(Cc4ccccc4)C(C)N3)nc12. The number of hydrogen-bond donors (Lipinski definition) is 3. The molecule has 0 bridgehead atoms. The number of amides is 1. The largest absolute Gasteiger partial charge is 0.494 e. The Bertz CT molecular complexity index is 1020. The Hall–Kier alpha value is -3.19. The fourth-order valence-electron chi connectivity index (χ4n) is 3.75. The molecule has 1 saturated heterocycles. The average molecular weight is 391 g/mol. The lowest BCUT2D eigenvalue weighted by atomic mass is 9.91. The van der Waals surface area contributed by atoms with E-state index in [1.165, 1.54) is 0 Å². The quantitative estimate of drug-likeness (QED) is 0.620. The van der Waals surface area contributed by atoms with Crippen molar-refractivity contribution in [2.45, 2.75) is 32.6 Å². The minimum absolute atomic E-state index is 0.00227. The molecule has 3 aromatic rings. The Kier molecular flexibility index (Phi) is 5.31. The average Bonchev–Trinajstić information content (AvgIpc) is 2.71. The second-order valence-electron chi connectivity index (χ2n) is 7.33. The molecule has 3 N–H and O–H groups in total. The molecular weight excluding hydrogens is 366 g/mol. The molecule has 29 heavy (non-hydrogen) atoms. The van der Waals surface area contributed by atoms with Gasteiger partial charge in [-0.2, -0.15) is 0 Å². The zero-order valence-electron chi connectivity index (χ0n) is 16.8. The van der Waals surface area contributed by atoms with Crippen LogP contribution < -0.4 is 20.7 Å². The maximum Gasteiger partial charge on any atom is 0.227 e. The standard InChI is InChI=1S/C22H25N5O2/c1-13-16-10-7-11-18(29-3)19(16)25-21(23-13)27-22-24-14(2)17(20(28)26-22)12-15-8-5-4-6-9-15/h4-11,14,17,22,24H,12H2,1-3H3,(H,26,28)(H,23,25,27). The number of hydrogen-bond acceptors (Lipinski definition) is 6. The number of carbonyl (C=O) groups excluding carboxylic acids is 1.